The summed E-state index contributed by atoms with van der Waals surface area (Å²) in [7, 11) is 1.60. The Balaban J connectivity index is 2.26. The fourth-order valence-electron chi connectivity index (χ4n) is 1.92. The number of amides is 1. The first kappa shape index (κ1) is 18.6. The highest BCUT2D eigenvalue weighted by atomic mass is 19.4. The lowest BCUT2D eigenvalue weighted by molar-refractivity contribution is -0.143. The Hall–Kier alpha value is -2.78. The molecule has 1 N–H and O–H groups in total. The van der Waals surface area contributed by atoms with Crippen molar-refractivity contribution in [3.63, 3.8) is 0 Å². The van der Waals surface area contributed by atoms with Crippen LogP contribution in [0, 0.1) is 0 Å². The second-order valence-corrected chi connectivity index (χ2v) is 5.06. The molecule has 0 aliphatic rings. The van der Waals surface area contributed by atoms with E-state index in [0.29, 0.717) is 17.8 Å². The second-order valence-electron chi connectivity index (χ2n) is 5.06. The molecular weight excluding hydrogens is 352 g/mol. The summed E-state index contributed by atoms with van der Waals surface area (Å²) in [5.74, 6) is -0.723. The molecule has 10 heteroatoms. The van der Waals surface area contributed by atoms with Crippen LogP contribution in [0.3, 0.4) is 0 Å². The van der Waals surface area contributed by atoms with E-state index in [-0.39, 0.29) is 6.07 Å². The molecule has 0 radical (unpaired) electrons. The summed E-state index contributed by atoms with van der Waals surface area (Å²) in [5, 5.41) is 6.16. The highest BCUT2D eigenvalue weighted by Crippen LogP contribution is 2.36. The molecule has 0 aliphatic heterocycles. The van der Waals surface area contributed by atoms with Gasteiger partial charge >= 0.3 is 12.4 Å². The molecule has 4 nitrogen and oxygen atoms in total. The first-order valence-electron chi connectivity index (χ1n) is 6.72. The summed E-state index contributed by atoms with van der Waals surface area (Å²) in [4.78, 5) is 11.7. The topological polar surface area (TPSA) is 46.9 Å². The Morgan fingerprint density at radius 2 is 1.64 bits per heavy atom. The second kappa shape index (κ2) is 6.61. The van der Waals surface area contributed by atoms with Gasteiger partial charge in [0, 0.05) is 19.3 Å². The number of carbonyl (C=O) groups excluding carboxylic acids is 1. The fourth-order valence-corrected chi connectivity index (χ4v) is 1.92. The summed E-state index contributed by atoms with van der Waals surface area (Å²) in [6.45, 7) is 0. The van der Waals surface area contributed by atoms with Crippen molar-refractivity contribution in [2.75, 3.05) is 5.32 Å². The molecule has 2 rings (SSSR count). The van der Waals surface area contributed by atoms with Crippen molar-refractivity contribution < 1.29 is 31.1 Å². The maximum absolute atomic E-state index is 12.7. The van der Waals surface area contributed by atoms with Gasteiger partial charge in [0.2, 0.25) is 5.91 Å². The molecule has 0 saturated carbocycles. The zero-order chi connectivity index (χ0) is 18.8. The van der Waals surface area contributed by atoms with Gasteiger partial charge in [0.15, 0.2) is 0 Å². The maximum atomic E-state index is 12.7. The lowest BCUT2D eigenvalue weighted by atomic mass is 10.0. The molecule has 1 heterocycles. The number of benzene rings is 1. The van der Waals surface area contributed by atoms with Gasteiger partial charge < -0.3 is 5.32 Å². The first-order valence-corrected chi connectivity index (χ1v) is 6.72. The lowest BCUT2D eigenvalue weighted by Crippen LogP contribution is -2.11. The molecule has 25 heavy (non-hydrogen) atoms. The smallest absolute Gasteiger partial charge is 0.320 e. The number of alkyl halides is 6. The van der Waals surface area contributed by atoms with Crippen LogP contribution >= 0.6 is 0 Å². The summed E-state index contributed by atoms with van der Waals surface area (Å²) < 4.78 is 77.9. The number of nitrogens with zero attached hydrogens (tertiary/aromatic N) is 2. The number of aryl methyl sites for hydroxylation is 1. The number of rotatable bonds is 3. The number of aromatic nitrogens is 2. The zero-order valence-electron chi connectivity index (χ0n) is 12.6. The molecule has 134 valence electrons. The van der Waals surface area contributed by atoms with Crippen molar-refractivity contribution >= 4 is 17.7 Å². The minimum atomic E-state index is -4.94. The standard InChI is InChI=1S/C15H11F6N3O/c1-24-8-12(7-22-24)23-13(25)3-2-9-4-10(14(16,17)18)6-11(5-9)15(19,20)21/h2-8H,1H3,(H,23,25)/b3-2+. The van der Waals surface area contributed by atoms with Crippen LogP contribution in [0.4, 0.5) is 32.0 Å². The molecule has 1 aromatic heterocycles. The highest BCUT2D eigenvalue weighted by molar-refractivity contribution is 6.01. The van der Waals surface area contributed by atoms with Gasteiger partial charge in [-0.15, -0.1) is 0 Å². The molecule has 1 aromatic carbocycles. The van der Waals surface area contributed by atoms with Crippen LogP contribution in [0.15, 0.2) is 36.7 Å². The van der Waals surface area contributed by atoms with E-state index in [1.165, 1.54) is 17.1 Å². The minimum Gasteiger partial charge on any atom is -0.320 e. The lowest BCUT2D eigenvalue weighted by Gasteiger charge is -2.12. The van der Waals surface area contributed by atoms with Crippen LogP contribution in [-0.2, 0) is 24.2 Å². The normalized spacial score (nSPS) is 12.6. The predicted molar refractivity (Wildman–Crippen MR) is 77.3 cm³/mol. The van der Waals surface area contributed by atoms with Gasteiger partial charge in [-0.2, -0.15) is 31.4 Å². The summed E-state index contributed by atoms with van der Waals surface area (Å²) in [5.41, 5.74) is -2.97. The fraction of sp³-hybridized carbons (Fsp3) is 0.200. The van der Waals surface area contributed by atoms with E-state index in [1.54, 1.807) is 7.05 Å². The summed E-state index contributed by atoms with van der Waals surface area (Å²) in [6, 6.07) is 1.08. The van der Waals surface area contributed by atoms with E-state index in [0.717, 1.165) is 12.2 Å². The van der Waals surface area contributed by atoms with Gasteiger partial charge in [0.05, 0.1) is 23.0 Å². The van der Waals surface area contributed by atoms with Gasteiger partial charge in [0.1, 0.15) is 0 Å². The Morgan fingerprint density at radius 3 is 2.08 bits per heavy atom. The number of halogens is 6. The molecule has 0 fully saturated rings. The van der Waals surface area contributed by atoms with Crippen molar-refractivity contribution in [2.24, 2.45) is 7.05 Å². The maximum Gasteiger partial charge on any atom is 0.416 e. The zero-order valence-corrected chi connectivity index (χ0v) is 12.6. The average Bonchev–Trinajstić information content (AvgIpc) is 2.88. The molecule has 0 spiro atoms. The monoisotopic (exact) mass is 363 g/mol. The Labute approximate surface area is 137 Å². The number of hydrogen-bond donors (Lipinski definition) is 1. The van der Waals surface area contributed by atoms with E-state index in [4.69, 9.17) is 0 Å². The van der Waals surface area contributed by atoms with Gasteiger partial charge in [-0.3, -0.25) is 9.48 Å². The number of nitrogens with one attached hydrogen (secondary N) is 1. The molecule has 0 atom stereocenters. The molecule has 2 aromatic rings. The third-order valence-corrected chi connectivity index (χ3v) is 3.01. The molecule has 0 saturated heterocycles. The van der Waals surface area contributed by atoms with Crippen LogP contribution in [0.5, 0.6) is 0 Å². The third-order valence-electron chi connectivity index (χ3n) is 3.01. The van der Waals surface area contributed by atoms with Crippen molar-refractivity contribution in [1.82, 2.24) is 9.78 Å². The van der Waals surface area contributed by atoms with Crippen molar-refractivity contribution in [1.29, 1.82) is 0 Å². The molecule has 0 bridgehead atoms. The van der Waals surface area contributed by atoms with Gasteiger partial charge in [-0.05, 0) is 29.8 Å². The molecular formula is C15H11F6N3O. The van der Waals surface area contributed by atoms with Crippen LogP contribution in [0.2, 0.25) is 0 Å². The van der Waals surface area contributed by atoms with Gasteiger partial charge in [-0.25, -0.2) is 0 Å². The summed E-state index contributed by atoms with van der Waals surface area (Å²) >= 11 is 0. The van der Waals surface area contributed by atoms with E-state index >= 15 is 0 Å². The van der Waals surface area contributed by atoms with E-state index in [2.05, 4.69) is 10.4 Å². The summed E-state index contributed by atoms with van der Waals surface area (Å²) in [6.07, 6.45) is -5.38. The van der Waals surface area contributed by atoms with E-state index < -0.39 is 35.0 Å². The Kier molecular flexibility index (Phi) is 4.91. The predicted octanol–water partition coefficient (Wildman–Crippen LogP) is 4.11. The van der Waals surface area contributed by atoms with Crippen LogP contribution < -0.4 is 5.32 Å². The average molecular weight is 363 g/mol. The highest BCUT2D eigenvalue weighted by Gasteiger charge is 2.36. The first-order chi connectivity index (χ1) is 11.4. The minimum absolute atomic E-state index is 0.0209. The largest absolute Gasteiger partial charge is 0.416 e. The van der Waals surface area contributed by atoms with Crippen molar-refractivity contribution in [3.8, 4) is 0 Å². The van der Waals surface area contributed by atoms with E-state index in [1.807, 2.05) is 0 Å². The number of carbonyl (C=O) groups is 1. The quantitative estimate of drug-likeness (QED) is 0.659. The third kappa shape index (κ3) is 5.10. The molecule has 0 aliphatic carbocycles. The van der Waals surface area contributed by atoms with Gasteiger partial charge in [0.25, 0.3) is 0 Å². The van der Waals surface area contributed by atoms with Crippen molar-refractivity contribution in [2.45, 2.75) is 12.4 Å². The number of anilines is 1. The SMILES string of the molecule is Cn1cc(NC(=O)/C=C/c2cc(C(F)(F)F)cc(C(F)(F)F)c2)cn1. The number of hydrogen-bond acceptors (Lipinski definition) is 2. The molecule has 0 unspecified atom stereocenters. The van der Waals surface area contributed by atoms with Crippen LogP contribution in [0.1, 0.15) is 16.7 Å². The van der Waals surface area contributed by atoms with Crippen LogP contribution in [0.25, 0.3) is 6.08 Å². The Morgan fingerprint density at radius 1 is 1.08 bits per heavy atom. The van der Waals surface area contributed by atoms with Crippen LogP contribution in [-0.4, -0.2) is 15.7 Å². The van der Waals surface area contributed by atoms with Crippen molar-refractivity contribution in [3.05, 3.63) is 53.4 Å². The van der Waals surface area contributed by atoms with E-state index in [9.17, 15) is 31.1 Å². The van der Waals surface area contributed by atoms with Gasteiger partial charge in [-0.1, -0.05) is 0 Å². The molecule has 1 amide bonds. The Bertz CT molecular complexity index is 772.